The maximum Gasteiger partial charge on any atom is 0.319 e. The third kappa shape index (κ3) is 4.92. The molecule has 3 N–H and O–H groups in total. The maximum atomic E-state index is 13.3. The van der Waals surface area contributed by atoms with Crippen LogP contribution in [0.4, 0.5) is 20.6 Å². The SMILES string of the molecule is Cc1nn(-c2ccc(F)cc2)c2sc(C(=O)Nc3ccc(NC(=O)NCc4ccco4)cc3)cc12. The third-order valence-corrected chi connectivity index (χ3v) is 6.35. The van der Waals surface area contributed by atoms with Crippen LogP contribution in [0.5, 0.6) is 0 Å². The van der Waals surface area contributed by atoms with Gasteiger partial charge in [-0.15, -0.1) is 11.3 Å². The first kappa shape index (κ1) is 22.4. The fraction of sp³-hybridized carbons (Fsp3) is 0.0800. The molecule has 5 rings (SSSR count). The van der Waals surface area contributed by atoms with Crippen molar-refractivity contribution in [1.29, 1.82) is 0 Å². The minimum absolute atomic E-state index is 0.256. The van der Waals surface area contributed by atoms with E-state index < -0.39 is 0 Å². The second-order valence-corrected chi connectivity index (χ2v) is 8.75. The van der Waals surface area contributed by atoms with E-state index in [0.717, 1.165) is 21.6 Å². The highest BCUT2D eigenvalue weighted by Crippen LogP contribution is 2.31. The normalized spacial score (nSPS) is 10.9. The largest absolute Gasteiger partial charge is 0.467 e. The fourth-order valence-corrected chi connectivity index (χ4v) is 4.58. The Morgan fingerprint density at radius 3 is 2.43 bits per heavy atom. The van der Waals surface area contributed by atoms with Gasteiger partial charge in [-0.25, -0.2) is 13.9 Å². The number of nitrogens with one attached hydrogen (secondary N) is 3. The molecule has 3 aromatic heterocycles. The quantitative estimate of drug-likeness (QED) is 0.285. The summed E-state index contributed by atoms with van der Waals surface area (Å²) in [7, 11) is 0. The molecule has 0 aliphatic heterocycles. The fourth-order valence-electron chi connectivity index (χ4n) is 3.50. The molecule has 0 bridgehead atoms. The van der Waals surface area contributed by atoms with Crippen molar-refractivity contribution in [2.45, 2.75) is 13.5 Å². The summed E-state index contributed by atoms with van der Waals surface area (Å²) in [5, 5.41) is 13.7. The smallest absolute Gasteiger partial charge is 0.319 e. The van der Waals surface area contributed by atoms with E-state index in [2.05, 4.69) is 21.0 Å². The van der Waals surface area contributed by atoms with Crippen LogP contribution in [-0.4, -0.2) is 21.7 Å². The minimum Gasteiger partial charge on any atom is -0.467 e. The van der Waals surface area contributed by atoms with Crippen LogP contribution in [0.3, 0.4) is 0 Å². The van der Waals surface area contributed by atoms with Crippen LogP contribution in [0.25, 0.3) is 15.9 Å². The number of aryl methyl sites for hydroxylation is 1. The zero-order valence-electron chi connectivity index (χ0n) is 18.5. The van der Waals surface area contributed by atoms with Gasteiger partial charge in [0.1, 0.15) is 16.4 Å². The van der Waals surface area contributed by atoms with Crippen molar-refractivity contribution in [2.24, 2.45) is 0 Å². The van der Waals surface area contributed by atoms with Crippen molar-refractivity contribution in [3.05, 3.63) is 95.1 Å². The molecule has 2 aromatic carbocycles. The summed E-state index contributed by atoms with van der Waals surface area (Å²) >= 11 is 1.31. The summed E-state index contributed by atoms with van der Waals surface area (Å²) in [6, 6.07) is 17.8. The number of fused-ring (bicyclic) bond motifs is 1. The van der Waals surface area contributed by atoms with Crippen LogP contribution in [0.1, 0.15) is 21.1 Å². The molecule has 5 aromatic rings. The van der Waals surface area contributed by atoms with Crippen molar-refractivity contribution in [3.8, 4) is 5.69 Å². The van der Waals surface area contributed by atoms with Crippen LogP contribution < -0.4 is 16.0 Å². The van der Waals surface area contributed by atoms with Gasteiger partial charge in [-0.1, -0.05) is 0 Å². The number of anilines is 2. The monoisotopic (exact) mass is 489 g/mol. The number of furan rings is 1. The van der Waals surface area contributed by atoms with Gasteiger partial charge in [-0.2, -0.15) is 5.10 Å². The van der Waals surface area contributed by atoms with E-state index in [1.54, 1.807) is 65.5 Å². The molecule has 0 fully saturated rings. The van der Waals surface area contributed by atoms with Crippen molar-refractivity contribution in [2.75, 3.05) is 10.6 Å². The van der Waals surface area contributed by atoms with Crippen molar-refractivity contribution in [3.63, 3.8) is 0 Å². The highest BCUT2D eigenvalue weighted by molar-refractivity contribution is 7.20. The summed E-state index contributed by atoms with van der Waals surface area (Å²) in [6.07, 6.45) is 1.54. The van der Waals surface area contributed by atoms with Crippen molar-refractivity contribution >= 4 is 44.9 Å². The Balaban J connectivity index is 1.24. The second kappa shape index (κ2) is 9.43. The summed E-state index contributed by atoms with van der Waals surface area (Å²) in [5.41, 5.74) is 2.66. The highest BCUT2D eigenvalue weighted by atomic mass is 32.1. The Morgan fingerprint density at radius 1 is 1.03 bits per heavy atom. The molecule has 0 saturated heterocycles. The Morgan fingerprint density at radius 2 is 1.74 bits per heavy atom. The van der Waals surface area contributed by atoms with E-state index in [1.807, 2.05) is 6.92 Å². The zero-order valence-corrected chi connectivity index (χ0v) is 19.4. The summed E-state index contributed by atoms with van der Waals surface area (Å²) in [6.45, 7) is 2.15. The van der Waals surface area contributed by atoms with E-state index in [4.69, 9.17) is 4.42 Å². The number of halogens is 1. The first-order valence-electron chi connectivity index (χ1n) is 10.7. The third-order valence-electron chi connectivity index (χ3n) is 5.24. The second-order valence-electron chi connectivity index (χ2n) is 7.72. The number of thiophene rings is 1. The molecule has 0 spiro atoms. The van der Waals surface area contributed by atoms with E-state index in [0.29, 0.717) is 22.0 Å². The average Bonchev–Trinajstić information content (AvgIpc) is 3.58. The Kier molecular flexibility index (Phi) is 6.02. The van der Waals surface area contributed by atoms with Gasteiger partial charge in [-0.3, -0.25) is 4.79 Å². The Bertz CT molecular complexity index is 1490. The predicted molar refractivity (Wildman–Crippen MR) is 133 cm³/mol. The number of rotatable bonds is 6. The van der Waals surface area contributed by atoms with Crippen LogP contribution >= 0.6 is 11.3 Å². The van der Waals surface area contributed by atoms with E-state index in [-0.39, 0.29) is 24.3 Å². The summed E-state index contributed by atoms with van der Waals surface area (Å²) < 4.78 is 20.2. The number of benzene rings is 2. The molecule has 10 heteroatoms. The van der Waals surface area contributed by atoms with Crippen LogP contribution in [0.15, 0.2) is 77.4 Å². The zero-order chi connectivity index (χ0) is 24.4. The number of aromatic nitrogens is 2. The average molecular weight is 490 g/mol. The number of carbonyl (C=O) groups is 2. The van der Waals surface area contributed by atoms with Gasteiger partial charge in [0.25, 0.3) is 5.91 Å². The lowest BCUT2D eigenvalue weighted by molar-refractivity contribution is 0.103. The van der Waals surface area contributed by atoms with Crippen molar-refractivity contribution < 1.29 is 18.4 Å². The van der Waals surface area contributed by atoms with Crippen LogP contribution in [0, 0.1) is 12.7 Å². The molecule has 3 heterocycles. The van der Waals surface area contributed by atoms with Crippen LogP contribution in [0.2, 0.25) is 0 Å². The van der Waals surface area contributed by atoms with E-state index in [1.165, 1.54) is 23.5 Å². The molecule has 0 radical (unpaired) electrons. The summed E-state index contributed by atoms with van der Waals surface area (Å²) in [4.78, 5) is 26.2. The molecule has 0 unspecified atom stereocenters. The van der Waals surface area contributed by atoms with Gasteiger partial charge in [-0.05, 0) is 73.7 Å². The Hall–Kier alpha value is -4.44. The van der Waals surface area contributed by atoms with Crippen LogP contribution in [-0.2, 0) is 6.54 Å². The topological polar surface area (TPSA) is 101 Å². The number of urea groups is 1. The summed E-state index contributed by atoms with van der Waals surface area (Å²) in [5.74, 6) is 0.0732. The van der Waals surface area contributed by atoms with E-state index >= 15 is 0 Å². The van der Waals surface area contributed by atoms with Crippen molar-refractivity contribution in [1.82, 2.24) is 15.1 Å². The highest BCUT2D eigenvalue weighted by Gasteiger charge is 2.17. The molecular formula is C25H20FN5O3S. The lowest BCUT2D eigenvalue weighted by atomic mass is 10.2. The Labute approximate surface area is 203 Å². The lowest BCUT2D eigenvalue weighted by Crippen LogP contribution is -2.27. The molecule has 0 saturated carbocycles. The molecule has 0 atom stereocenters. The van der Waals surface area contributed by atoms with Gasteiger partial charge in [0.2, 0.25) is 0 Å². The first-order valence-corrected chi connectivity index (χ1v) is 11.5. The number of nitrogens with zero attached hydrogens (tertiary/aromatic N) is 2. The predicted octanol–water partition coefficient (Wildman–Crippen LogP) is 5.70. The number of hydrogen-bond donors (Lipinski definition) is 3. The van der Waals surface area contributed by atoms with Gasteiger partial charge >= 0.3 is 6.03 Å². The van der Waals surface area contributed by atoms with Gasteiger partial charge < -0.3 is 20.4 Å². The standard InChI is InChI=1S/C25H20FN5O3S/c1-15-21-13-22(35-24(21)31(30-15)19-10-4-16(26)5-11-19)23(32)28-17-6-8-18(9-7-17)29-25(33)27-14-20-3-2-12-34-20/h2-13H,14H2,1H3,(H,28,32)(H2,27,29,33). The molecule has 176 valence electrons. The maximum absolute atomic E-state index is 13.3. The molecular weight excluding hydrogens is 469 g/mol. The lowest BCUT2D eigenvalue weighted by Gasteiger charge is -2.08. The van der Waals surface area contributed by atoms with Gasteiger partial charge in [0.15, 0.2) is 0 Å². The molecule has 0 aliphatic carbocycles. The number of hydrogen-bond acceptors (Lipinski definition) is 5. The van der Waals surface area contributed by atoms with Gasteiger partial charge in [0.05, 0.1) is 29.1 Å². The molecule has 3 amide bonds. The van der Waals surface area contributed by atoms with Gasteiger partial charge in [0, 0.05) is 16.8 Å². The molecule has 0 aliphatic rings. The van der Waals surface area contributed by atoms with E-state index in [9.17, 15) is 14.0 Å². The molecule has 35 heavy (non-hydrogen) atoms. The first-order chi connectivity index (χ1) is 17.0. The number of amides is 3. The molecule has 8 nitrogen and oxygen atoms in total. The number of carbonyl (C=O) groups excluding carboxylic acids is 2. The minimum atomic E-state index is -0.367.